The minimum atomic E-state index is 0.0405. The lowest BCUT2D eigenvalue weighted by atomic mass is 10.1. The molecule has 0 unspecified atom stereocenters. The van der Waals surface area contributed by atoms with E-state index in [1.165, 1.54) is 12.8 Å². The Morgan fingerprint density at radius 1 is 1.04 bits per heavy atom. The first-order valence-electron chi connectivity index (χ1n) is 8.87. The topological polar surface area (TPSA) is 65.5 Å². The first-order valence-corrected chi connectivity index (χ1v) is 8.87. The summed E-state index contributed by atoms with van der Waals surface area (Å²) < 4.78 is 0. The molecule has 0 saturated heterocycles. The molecule has 0 heterocycles. The van der Waals surface area contributed by atoms with Gasteiger partial charge >= 0.3 is 0 Å². The van der Waals surface area contributed by atoms with E-state index in [0.29, 0.717) is 19.5 Å². The molecule has 1 amide bonds. The van der Waals surface area contributed by atoms with Gasteiger partial charge in [-0.1, -0.05) is 57.0 Å². The van der Waals surface area contributed by atoms with Gasteiger partial charge in [0.1, 0.15) is 0 Å². The van der Waals surface area contributed by atoms with Crippen LogP contribution in [0.25, 0.3) is 0 Å². The molecule has 3 N–H and O–H groups in total. The van der Waals surface area contributed by atoms with Crippen LogP contribution in [-0.2, 0) is 11.3 Å². The van der Waals surface area contributed by atoms with Gasteiger partial charge in [0.05, 0.1) is 0 Å². The number of carbonyl (C=O) groups is 1. The van der Waals surface area contributed by atoms with Crippen molar-refractivity contribution in [3.8, 4) is 0 Å². The Morgan fingerprint density at radius 3 is 2.42 bits per heavy atom. The predicted molar refractivity (Wildman–Crippen MR) is 101 cm³/mol. The van der Waals surface area contributed by atoms with Crippen LogP contribution in [-0.4, -0.2) is 32.0 Å². The lowest BCUT2D eigenvalue weighted by Gasteiger charge is -2.12. The Labute approximate surface area is 146 Å². The fourth-order valence-corrected chi connectivity index (χ4v) is 2.28. The molecule has 0 atom stereocenters. The van der Waals surface area contributed by atoms with E-state index in [1.54, 1.807) is 7.05 Å². The van der Waals surface area contributed by atoms with Gasteiger partial charge in [0.2, 0.25) is 5.91 Å². The fourth-order valence-electron chi connectivity index (χ4n) is 2.28. The monoisotopic (exact) mass is 332 g/mol. The molecule has 1 rings (SSSR count). The summed E-state index contributed by atoms with van der Waals surface area (Å²) in [6, 6.07) is 9.92. The molecule has 0 radical (unpaired) electrons. The van der Waals surface area contributed by atoms with Crippen molar-refractivity contribution >= 4 is 11.9 Å². The van der Waals surface area contributed by atoms with Crippen LogP contribution in [0.15, 0.2) is 35.3 Å². The molecular weight excluding hydrogens is 300 g/mol. The highest BCUT2D eigenvalue weighted by atomic mass is 16.1. The van der Waals surface area contributed by atoms with E-state index in [-0.39, 0.29) is 5.91 Å². The SMILES string of the molecule is CN=C(NCCCCC(C)C)NCCC(=O)NCc1ccccc1. The van der Waals surface area contributed by atoms with Gasteiger partial charge in [-0.05, 0) is 17.9 Å². The molecule has 0 aromatic heterocycles. The number of rotatable bonds is 10. The second-order valence-corrected chi connectivity index (χ2v) is 6.33. The van der Waals surface area contributed by atoms with E-state index in [1.807, 2.05) is 30.3 Å². The second kappa shape index (κ2) is 12.4. The average Bonchev–Trinajstić information content (AvgIpc) is 2.58. The van der Waals surface area contributed by atoms with Crippen LogP contribution in [0.2, 0.25) is 0 Å². The molecule has 0 aliphatic rings. The molecule has 134 valence electrons. The number of nitrogens with one attached hydrogen (secondary N) is 3. The normalized spacial score (nSPS) is 11.4. The molecule has 0 aliphatic carbocycles. The van der Waals surface area contributed by atoms with Gasteiger partial charge in [-0.2, -0.15) is 0 Å². The zero-order valence-electron chi connectivity index (χ0n) is 15.3. The summed E-state index contributed by atoms with van der Waals surface area (Å²) in [5, 5.41) is 9.38. The number of nitrogens with zero attached hydrogens (tertiary/aromatic N) is 1. The molecule has 1 aromatic carbocycles. The molecule has 0 spiro atoms. The number of unbranched alkanes of at least 4 members (excludes halogenated alkanes) is 1. The Bertz CT molecular complexity index is 485. The molecule has 1 aromatic rings. The van der Waals surface area contributed by atoms with Gasteiger partial charge in [-0.3, -0.25) is 9.79 Å². The van der Waals surface area contributed by atoms with Crippen molar-refractivity contribution in [1.29, 1.82) is 0 Å². The third-order valence-electron chi connectivity index (χ3n) is 3.70. The molecular formula is C19H32N4O. The number of benzene rings is 1. The van der Waals surface area contributed by atoms with Crippen LogP contribution >= 0.6 is 0 Å². The zero-order valence-corrected chi connectivity index (χ0v) is 15.3. The number of hydrogen-bond acceptors (Lipinski definition) is 2. The van der Waals surface area contributed by atoms with Crippen molar-refractivity contribution in [1.82, 2.24) is 16.0 Å². The minimum Gasteiger partial charge on any atom is -0.356 e. The van der Waals surface area contributed by atoms with Gasteiger partial charge in [-0.25, -0.2) is 0 Å². The van der Waals surface area contributed by atoms with Crippen molar-refractivity contribution in [3.63, 3.8) is 0 Å². The number of guanidine groups is 1. The van der Waals surface area contributed by atoms with E-state index < -0.39 is 0 Å². The molecule has 0 aliphatic heterocycles. The van der Waals surface area contributed by atoms with Gasteiger partial charge in [0.15, 0.2) is 5.96 Å². The molecule has 0 fully saturated rings. The number of aliphatic imine (C=N–C) groups is 1. The van der Waals surface area contributed by atoms with Crippen molar-refractivity contribution in [2.45, 2.75) is 46.1 Å². The number of hydrogen-bond donors (Lipinski definition) is 3. The predicted octanol–water partition coefficient (Wildman–Crippen LogP) is 2.68. The largest absolute Gasteiger partial charge is 0.356 e. The third-order valence-corrected chi connectivity index (χ3v) is 3.70. The van der Waals surface area contributed by atoms with E-state index in [4.69, 9.17) is 0 Å². The van der Waals surface area contributed by atoms with Gasteiger partial charge in [0.25, 0.3) is 0 Å². The Kier molecular flexibility index (Phi) is 10.3. The van der Waals surface area contributed by atoms with Crippen molar-refractivity contribution in [2.24, 2.45) is 10.9 Å². The van der Waals surface area contributed by atoms with Gasteiger partial charge < -0.3 is 16.0 Å². The summed E-state index contributed by atoms with van der Waals surface area (Å²) in [4.78, 5) is 16.0. The van der Waals surface area contributed by atoms with Crippen molar-refractivity contribution in [3.05, 3.63) is 35.9 Å². The van der Waals surface area contributed by atoms with Crippen molar-refractivity contribution < 1.29 is 4.79 Å². The molecule has 0 saturated carbocycles. The fraction of sp³-hybridized carbons (Fsp3) is 0.579. The van der Waals surface area contributed by atoms with Crippen LogP contribution in [0, 0.1) is 5.92 Å². The first kappa shape index (κ1) is 20.0. The van der Waals surface area contributed by atoms with E-state index in [9.17, 15) is 4.79 Å². The van der Waals surface area contributed by atoms with E-state index in [0.717, 1.165) is 30.4 Å². The maximum atomic E-state index is 11.8. The summed E-state index contributed by atoms with van der Waals surface area (Å²) >= 11 is 0. The van der Waals surface area contributed by atoms with Crippen LogP contribution in [0.3, 0.4) is 0 Å². The maximum absolute atomic E-state index is 11.8. The Hall–Kier alpha value is -2.04. The lowest BCUT2D eigenvalue weighted by molar-refractivity contribution is -0.121. The van der Waals surface area contributed by atoms with Gasteiger partial charge in [-0.15, -0.1) is 0 Å². The summed E-state index contributed by atoms with van der Waals surface area (Å²) in [6.45, 7) is 6.55. The maximum Gasteiger partial charge on any atom is 0.222 e. The highest BCUT2D eigenvalue weighted by Crippen LogP contribution is 2.04. The molecule has 24 heavy (non-hydrogen) atoms. The van der Waals surface area contributed by atoms with Crippen LogP contribution in [0.1, 0.15) is 45.1 Å². The first-order chi connectivity index (χ1) is 11.6. The van der Waals surface area contributed by atoms with Crippen molar-refractivity contribution in [2.75, 3.05) is 20.1 Å². The van der Waals surface area contributed by atoms with Crippen LogP contribution < -0.4 is 16.0 Å². The lowest BCUT2D eigenvalue weighted by Crippen LogP contribution is -2.39. The van der Waals surface area contributed by atoms with E-state index in [2.05, 4.69) is 34.8 Å². The highest BCUT2D eigenvalue weighted by Gasteiger charge is 2.03. The number of amides is 1. The number of carbonyl (C=O) groups excluding carboxylic acids is 1. The quantitative estimate of drug-likeness (QED) is 0.351. The second-order valence-electron chi connectivity index (χ2n) is 6.33. The van der Waals surface area contributed by atoms with Gasteiger partial charge in [0, 0.05) is 33.1 Å². The zero-order chi connectivity index (χ0) is 17.6. The smallest absolute Gasteiger partial charge is 0.222 e. The average molecular weight is 332 g/mol. The van der Waals surface area contributed by atoms with Crippen LogP contribution in [0.5, 0.6) is 0 Å². The third kappa shape index (κ3) is 9.87. The molecule has 0 bridgehead atoms. The Balaban J connectivity index is 2.09. The summed E-state index contributed by atoms with van der Waals surface area (Å²) in [7, 11) is 1.75. The Morgan fingerprint density at radius 2 is 1.75 bits per heavy atom. The molecule has 5 nitrogen and oxygen atoms in total. The highest BCUT2D eigenvalue weighted by molar-refractivity contribution is 5.81. The summed E-state index contributed by atoms with van der Waals surface area (Å²) in [6.07, 6.45) is 4.05. The van der Waals surface area contributed by atoms with E-state index >= 15 is 0 Å². The summed E-state index contributed by atoms with van der Waals surface area (Å²) in [5.74, 6) is 1.56. The summed E-state index contributed by atoms with van der Waals surface area (Å²) in [5.41, 5.74) is 1.11. The van der Waals surface area contributed by atoms with Crippen LogP contribution in [0.4, 0.5) is 0 Å². The molecule has 5 heteroatoms. The standard InChI is InChI=1S/C19H32N4O/c1-16(2)9-7-8-13-21-19(20-3)22-14-12-18(24)23-15-17-10-5-4-6-11-17/h4-6,10-11,16H,7-9,12-15H2,1-3H3,(H,23,24)(H2,20,21,22). The minimum absolute atomic E-state index is 0.0405.